The molecule has 2 bridgehead atoms. The molecule has 1 saturated carbocycles. The SMILES string of the molecule is NC1CCCN(C(=O)C2CC3C=CC2C3)C1. The summed E-state index contributed by atoms with van der Waals surface area (Å²) in [5.41, 5.74) is 5.93. The van der Waals surface area contributed by atoms with E-state index in [4.69, 9.17) is 5.73 Å². The first-order valence-corrected chi connectivity index (χ1v) is 6.47. The summed E-state index contributed by atoms with van der Waals surface area (Å²) in [6.45, 7) is 1.70. The normalized spacial score (nSPS) is 41.7. The highest BCUT2D eigenvalue weighted by Crippen LogP contribution is 2.44. The van der Waals surface area contributed by atoms with Gasteiger partial charge in [0.2, 0.25) is 5.91 Å². The van der Waals surface area contributed by atoms with Crippen molar-refractivity contribution in [3.63, 3.8) is 0 Å². The van der Waals surface area contributed by atoms with E-state index in [0.29, 0.717) is 17.7 Å². The van der Waals surface area contributed by atoms with Gasteiger partial charge in [-0.3, -0.25) is 4.79 Å². The Hall–Kier alpha value is -0.830. The lowest BCUT2D eigenvalue weighted by Gasteiger charge is -2.34. The van der Waals surface area contributed by atoms with Crippen LogP contribution in [0.5, 0.6) is 0 Å². The Morgan fingerprint density at radius 1 is 1.31 bits per heavy atom. The molecule has 3 nitrogen and oxygen atoms in total. The first-order valence-electron chi connectivity index (χ1n) is 6.47. The van der Waals surface area contributed by atoms with Crippen molar-refractivity contribution in [1.82, 2.24) is 4.90 Å². The van der Waals surface area contributed by atoms with Crippen LogP contribution in [0.15, 0.2) is 12.2 Å². The molecule has 88 valence electrons. The van der Waals surface area contributed by atoms with E-state index in [2.05, 4.69) is 12.2 Å². The zero-order chi connectivity index (χ0) is 11.1. The number of piperidine rings is 1. The minimum Gasteiger partial charge on any atom is -0.341 e. The summed E-state index contributed by atoms with van der Waals surface area (Å²) in [6.07, 6.45) is 8.96. The fourth-order valence-corrected chi connectivity index (χ4v) is 3.51. The summed E-state index contributed by atoms with van der Waals surface area (Å²) in [5.74, 6) is 1.83. The number of likely N-dealkylation sites (tertiary alicyclic amines) is 1. The fraction of sp³-hybridized carbons (Fsp3) is 0.769. The minimum absolute atomic E-state index is 0.201. The van der Waals surface area contributed by atoms with Crippen molar-refractivity contribution in [2.45, 2.75) is 31.7 Å². The first-order chi connectivity index (χ1) is 7.74. The van der Waals surface area contributed by atoms with Crippen LogP contribution in [-0.4, -0.2) is 29.9 Å². The monoisotopic (exact) mass is 220 g/mol. The number of amides is 1. The average molecular weight is 220 g/mol. The van der Waals surface area contributed by atoms with Gasteiger partial charge in [0.15, 0.2) is 0 Å². The van der Waals surface area contributed by atoms with Crippen molar-refractivity contribution >= 4 is 5.91 Å². The van der Waals surface area contributed by atoms with Gasteiger partial charge in [0, 0.05) is 25.0 Å². The highest BCUT2D eigenvalue weighted by Gasteiger charge is 2.41. The number of carbonyl (C=O) groups is 1. The Balaban J connectivity index is 1.66. The van der Waals surface area contributed by atoms with Crippen LogP contribution in [-0.2, 0) is 4.79 Å². The molecule has 0 aromatic carbocycles. The van der Waals surface area contributed by atoms with Gasteiger partial charge in [-0.05, 0) is 37.5 Å². The molecule has 2 fully saturated rings. The van der Waals surface area contributed by atoms with Gasteiger partial charge in [-0.15, -0.1) is 0 Å². The Kier molecular flexibility index (Phi) is 2.51. The van der Waals surface area contributed by atoms with Crippen molar-refractivity contribution < 1.29 is 4.79 Å². The zero-order valence-corrected chi connectivity index (χ0v) is 9.64. The molecule has 0 spiro atoms. The van der Waals surface area contributed by atoms with E-state index in [1.807, 2.05) is 4.90 Å². The molecule has 3 heteroatoms. The quantitative estimate of drug-likeness (QED) is 0.674. The summed E-state index contributed by atoms with van der Waals surface area (Å²) >= 11 is 0. The van der Waals surface area contributed by atoms with Crippen molar-refractivity contribution in [3.05, 3.63) is 12.2 Å². The number of carbonyl (C=O) groups excluding carboxylic acids is 1. The molecule has 1 saturated heterocycles. The topological polar surface area (TPSA) is 46.3 Å². The molecular formula is C13H20N2O. The summed E-state index contributed by atoms with van der Waals surface area (Å²) in [5, 5.41) is 0. The third-order valence-corrected chi connectivity index (χ3v) is 4.37. The van der Waals surface area contributed by atoms with Crippen LogP contribution in [0.3, 0.4) is 0 Å². The molecule has 0 radical (unpaired) electrons. The van der Waals surface area contributed by atoms with Gasteiger partial charge in [-0.2, -0.15) is 0 Å². The molecule has 4 unspecified atom stereocenters. The molecule has 1 heterocycles. The lowest BCUT2D eigenvalue weighted by molar-refractivity contribution is -0.137. The molecule has 3 rings (SSSR count). The van der Waals surface area contributed by atoms with E-state index in [9.17, 15) is 4.79 Å². The van der Waals surface area contributed by atoms with E-state index >= 15 is 0 Å². The lowest BCUT2D eigenvalue weighted by atomic mass is 9.91. The number of nitrogens with zero attached hydrogens (tertiary/aromatic N) is 1. The van der Waals surface area contributed by atoms with Crippen LogP contribution in [0, 0.1) is 17.8 Å². The van der Waals surface area contributed by atoms with Crippen LogP contribution < -0.4 is 5.73 Å². The molecular weight excluding hydrogens is 200 g/mol. The Morgan fingerprint density at radius 3 is 2.81 bits per heavy atom. The molecule has 0 aromatic heterocycles. The van der Waals surface area contributed by atoms with E-state index < -0.39 is 0 Å². The first kappa shape index (κ1) is 10.3. The minimum atomic E-state index is 0.201. The molecule has 1 aliphatic heterocycles. The summed E-state index contributed by atoms with van der Waals surface area (Å²) in [7, 11) is 0. The van der Waals surface area contributed by atoms with Gasteiger partial charge < -0.3 is 10.6 Å². The van der Waals surface area contributed by atoms with Crippen LogP contribution in [0.1, 0.15) is 25.7 Å². The summed E-state index contributed by atoms with van der Waals surface area (Å²) < 4.78 is 0. The third kappa shape index (κ3) is 1.67. The average Bonchev–Trinajstić information content (AvgIpc) is 2.89. The van der Waals surface area contributed by atoms with Crippen LogP contribution >= 0.6 is 0 Å². The predicted octanol–water partition coefficient (Wildman–Crippen LogP) is 1.15. The largest absolute Gasteiger partial charge is 0.341 e. The van der Waals surface area contributed by atoms with Gasteiger partial charge >= 0.3 is 0 Å². The second kappa shape index (κ2) is 3.88. The Bertz CT molecular complexity index is 326. The van der Waals surface area contributed by atoms with Crippen molar-refractivity contribution in [1.29, 1.82) is 0 Å². The number of rotatable bonds is 1. The van der Waals surface area contributed by atoms with Crippen molar-refractivity contribution in [2.75, 3.05) is 13.1 Å². The van der Waals surface area contributed by atoms with E-state index in [-0.39, 0.29) is 12.0 Å². The van der Waals surface area contributed by atoms with Crippen LogP contribution in [0.25, 0.3) is 0 Å². The summed E-state index contributed by atoms with van der Waals surface area (Å²) in [4.78, 5) is 14.4. The van der Waals surface area contributed by atoms with Gasteiger partial charge in [0.05, 0.1) is 0 Å². The van der Waals surface area contributed by atoms with Crippen LogP contribution in [0.4, 0.5) is 0 Å². The molecule has 4 atom stereocenters. The van der Waals surface area contributed by atoms with E-state index in [0.717, 1.165) is 32.4 Å². The Labute approximate surface area is 96.7 Å². The zero-order valence-electron chi connectivity index (χ0n) is 9.64. The van der Waals surface area contributed by atoms with Gasteiger partial charge in [0.25, 0.3) is 0 Å². The van der Waals surface area contributed by atoms with Gasteiger partial charge in [-0.1, -0.05) is 12.2 Å². The Morgan fingerprint density at radius 2 is 2.19 bits per heavy atom. The number of allylic oxidation sites excluding steroid dienone is 2. The number of hydrogen-bond acceptors (Lipinski definition) is 2. The van der Waals surface area contributed by atoms with Crippen molar-refractivity contribution in [3.8, 4) is 0 Å². The second-order valence-electron chi connectivity index (χ2n) is 5.57. The fourth-order valence-electron chi connectivity index (χ4n) is 3.51. The van der Waals surface area contributed by atoms with E-state index in [1.165, 1.54) is 6.42 Å². The molecule has 16 heavy (non-hydrogen) atoms. The molecule has 1 amide bonds. The number of nitrogens with two attached hydrogens (primary N) is 1. The highest BCUT2D eigenvalue weighted by atomic mass is 16.2. The molecule has 2 aliphatic carbocycles. The maximum Gasteiger partial charge on any atom is 0.226 e. The van der Waals surface area contributed by atoms with Gasteiger partial charge in [-0.25, -0.2) is 0 Å². The van der Waals surface area contributed by atoms with Gasteiger partial charge in [0.1, 0.15) is 0 Å². The number of fused-ring (bicyclic) bond motifs is 2. The maximum absolute atomic E-state index is 12.4. The summed E-state index contributed by atoms with van der Waals surface area (Å²) in [6, 6.07) is 0.201. The molecule has 2 N–H and O–H groups in total. The maximum atomic E-state index is 12.4. The second-order valence-corrected chi connectivity index (χ2v) is 5.57. The lowest BCUT2D eigenvalue weighted by Crippen LogP contribution is -2.48. The number of hydrogen-bond donors (Lipinski definition) is 1. The molecule has 3 aliphatic rings. The highest BCUT2D eigenvalue weighted by molar-refractivity contribution is 5.80. The molecule has 0 aromatic rings. The third-order valence-electron chi connectivity index (χ3n) is 4.37. The smallest absolute Gasteiger partial charge is 0.226 e. The standard InChI is InChI=1S/C13H20N2O/c14-11-2-1-5-15(8-11)13(16)12-7-9-3-4-10(12)6-9/h3-4,9-12H,1-2,5-8,14H2. The van der Waals surface area contributed by atoms with Crippen LogP contribution in [0.2, 0.25) is 0 Å². The van der Waals surface area contributed by atoms with E-state index in [1.54, 1.807) is 0 Å². The predicted molar refractivity (Wildman–Crippen MR) is 62.6 cm³/mol. The van der Waals surface area contributed by atoms with Crippen molar-refractivity contribution in [2.24, 2.45) is 23.5 Å².